The monoisotopic (exact) mass is 158 g/mol. The van der Waals surface area contributed by atoms with Gasteiger partial charge in [-0.1, -0.05) is 6.07 Å². The minimum absolute atomic E-state index is 0.552. The molecule has 60 valence electrons. The molecule has 2 heteroatoms. The summed E-state index contributed by atoms with van der Waals surface area (Å²) in [6, 6.07) is 5.92. The normalized spacial score (nSPS) is 14.9. The topological polar surface area (TPSA) is 36.7 Å². The molecule has 0 unspecified atom stereocenters. The Labute approximate surface area is 71.9 Å². The van der Waals surface area contributed by atoms with Gasteiger partial charge in [-0.2, -0.15) is 5.26 Å². The Morgan fingerprint density at radius 3 is 2.92 bits per heavy atom. The molecular weight excluding hydrogens is 148 g/mol. The first-order valence-electron chi connectivity index (χ1n) is 4.29. The number of hydrogen-bond donors (Lipinski definition) is 0. The summed E-state index contributed by atoms with van der Waals surface area (Å²) in [7, 11) is 0. The lowest BCUT2D eigenvalue weighted by Crippen LogP contribution is -2.05. The van der Waals surface area contributed by atoms with Crippen LogP contribution in [0.2, 0.25) is 0 Å². The zero-order valence-electron chi connectivity index (χ0n) is 6.88. The molecule has 0 fully saturated rings. The third-order valence-electron chi connectivity index (χ3n) is 2.29. The number of nitrogens with zero attached hydrogens (tertiary/aromatic N) is 2. The third-order valence-corrected chi connectivity index (χ3v) is 2.29. The molecule has 0 saturated carbocycles. The Morgan fingerprint density at radius 1 is 1.25 bits per heavy atom. The lowest BCUT2D eigenvalue weighted by atomic mass is 9.96. The number of fused-ring (bicyclic) bond motifs is 1. The maximum Gasteiger partial charge on any atom is 0.140 e. The Morgan fingerprint density at radius 2 is 2.08 bits per heavy atom. The summed E-state index contributed by atoms with van der Waals surface area (Å²) >= 11 is 0. The molecule has 0 aliphatic heterocycles. The molecular formula is C10H10N2. The molecule has 0 atom stereocenters. The average molecular weight is 158 g/mol. The summed E-state index contributed by atoms with van der Waals surface area (Å²) in [5, 5.41) is 8.63. The van der Waals surface area contributed by atoms with Crippen molar-refractivity contribution in [3.63, 3.8) is 0 Å². The lowest BCUT2D eigenvalue weighted by Gasteiger charge is -2.13. The van der Waals surface area contributed by atoms with E-state index in [4.69, 9.17) is 5.26 Å². The number of pyridine rings is 1. The van der Waals surface area contributed by atoms with Crippen LogP contribution in [0, 0.1) is 11.3 Å². The van der Waals surface area contributed by atoms with Crippen molar-refractivity contribution >= 4 is 0 Å². The lowest BCUT2D eigenvalue weighted by molar-refractivity contribution is 0.667. The number of rotatable bonds is 0. The molecule has 0 amide bonds. The summed E-state index contributed by atoms with van der Waals surface area (Å²) in [6.07, 6.45) is 4.66. The van der Waals surface area contributed by atoms with Gasteiger partial charge in [-0.15, -0.1) is 0 Å². The van der Waals surface area contributed by atoms with Crippen molar-refractivity contribution in [1.29, 1.82) is 5.26 Å². The molecule has 2 rings (SSSR count). The highest BCUT2D eigenvalue weighted by atomic mass is 14.7. The van der Waals surface area contributed by atoms with Crippen LogP contribution >= 0.6 is 0 Å². The van der Waals surface area contributed by atoms with E-state index in [0.29, 0.717) is 5.69 Å². The quantitative estimate of drug-likeness (QED) is 0.577. The van der Waals surface area contributed by atoms with Gasteiger partial charge in [0.1, 0.15) is 11.8 Å². The first-order valence-corrected chi connectivity index (χ1v) is 4.29. The van der Waals surface area contributed by atoms with Crippen LogP contribution in [0.15, 0.2) is 12.1 Å². The molecule has 1 heterocycles. The highest BCUT2D eigenvalue weighted by Crippen LogP contribution is 2.18. The number of nitriles is 1. The highest BCUT2D eigenvalue weighted by Gasteiger charge is 2.10. The van der Waals surface area contributed by atoms with Crippen LogP contribution < -0.4 is 0 Å². The van der Waals surface area contributed by atoms with E-state index in [1.54, 1.807) is 0 Å². The van der Waals surface area contributed by atoms with Crippen molar-refractivity contribution in [3.05, 3.63) is 29.1 Å². The first kappa shape index (κ1) is 7.30. The molecule has 0 aromatic carbocycles. The van der Waals surface area contributed by atoms with Crippen LogP contribution in [0.5, 0.6) is 0 Å². The standard InChI is InChI=1S/C10H10N2/c11-7-9-6-5-8-3-1-2-4-10(8)12-9/h5-6H,1-4H2. The van der Waals surface area contributed by atoms with Gasteiger partial charge in [-0.25, -0.2) is 4.98 Å². The fourth-order valence-corrected chi connectivity index (χ4v) is 1.64. The van der Waals surface area contributed by atoms with E-state index in [1.807, 2.05) is 12.1 Å². The Hall–Kier alpha value is -1.36. The van der Waals surface area contributed by atoms with E-state index in [2.05, 4.69) is 11.1 Å². The van der Waals surface area contributed by atoms with Crippen molar-refractivity contribution in [2.45, 2.75) is 25.7 Å². The third kappa shape index (κ3) is 1.18. The second-order valence-electron chi connectivity index (χ2n) is 3.12. The summed E-state index contributed by atoms with van der Waals surface area (Å²) in [6.45, 7) is 0. The van der Waals surface area contributed by atoms with Gasteiger partial charge in [0.2, 0.25) is 0 Å². The number of aryl methyl sites for hydroxylation is 2. The number of hydrogen-bond acceptors (Lipinski definition) is 2. The van der Waals surface area contributed by atoms with Crippen molar-refractivity contribution in [2.75, 3.05) is 0 Å². The van der Waals surface area contributed by atoms with Crippen molar-refractivity contribution in [1.82, 2.24) is 4.98 Å². The molecule has 1 aromatic rings. The van der Waals surface area contributed by atoms with Gasteiger partial charge in [0, 0.05) is 5.69 Å². The summed E-state index contributed by atoms with van der Waals surface area (Å²) in [5.74, 6) is 0. The Balaban J connectivity index is 2.44. The SMILES string of the molecule is N#Cc1ccc2c(n1)CCCC2. The maximum absolute atomic E-state index is 8.63. The fraction of sp³-hybridized carbons (Fsp3) is 0.400. The molecule has 0 spiro atoms. The molecule has 2 nitrogen and oxygen atoms in total. The Kier molecular flexibility index (Phi) is 1.79. The van der Waals surface area contributed by atoms with E-state index in [1.165, 1.54) is 18.4 Å². The van der Waals surface area contributed by atoms with Gasteiger partial charge >= 0.3 is 0 Å². The second kappa shape index (κ2) is 2.94. The smallest absolute Gasteiger partial charge is 0.140 e. The summed E-state index contributed by atoms with van der Waals surface area (Å²) < 4.78 is 0. The van der Waals surface area contributed by atoms with E-state index >= 15 is 0 Å². The predicted molar refractivity (Wildman–Crippen MR) is 45.6 cm³/mol. The predicted octanol–water partition coefficient (Wildman–Crippen LogP) is 1.83. The molecule has 1 aliphatic rings. The van der Waals surface area contributed by atoms with Crippen LogP contribution in [0.25, 0.3) is 0 Å². The molecule has 0 saturated heterocycles. The van der Waals surface area contributed by atoms with E-state index in [9.17, 15) is 0 Å². The largest absolute Gasteiger partial charge is 0.242 e. The summed E-state index contributed by atoms with van der Waals surface area (Å²) in [4.78, 5) is 4.27. The van der Waals surface area contributed by atoms with Gasteiger partial charge in [0.15, 0.2) is 0 Å². The van der Waals surface area contributed by atoms with Crippen LogP contribution in [0.4, 0.5) is 0 Å². The van der Waals surface area contributed by atoms with Gasteiger partial charge < -0.3 is 0 Å². The van der Waals surface area contributed by atoms with Gasteiger partial charge in [-0.05, 0) is 37.3 Å². The van der Waals surface area contributed by atoms with Crippen molar-refractivity contribution < 1.29 is 0 Å². The van der Waals surface area contributed by atoms with Crippen LogP contribution in [0.3, 0.4) is 0 Å². The van der Waals surface area contributed by atoms with Crippen LogP contribution in [-0.4, -0.2) is 4.98 Å². The minimum atomic E-state index is 0.552. The summed E-state index contributed by atoms with van der Waals surface area (Å²) in [5.41, 5.74) is 3.02. The molecule has 0 bridgehead atoms. The molecule has 1 aromatic heterocycles. The molecule has 12 heavy (non-hydrogen) atoms. The zero-order chi connectivity index (χ0) is 8.39. The Bertz CT molecular complexity index is 336. The van der Waals surface area contributed by atoms with Crippen molar-refractivity contribution in [2.24, 2.45) is 0 Å². The van der Waals surface area contributed by atoms with E-state index in [-0.39, 0.29) is 0 Å². The van der Waals surface area contributed by atoms with Gasteiger partial charge in [-0.3, -0.25) is 0 Å². The number of aromatic nitrogens is 1. The molecule has 1 aliphatic carbocycles. The average Bonchev–Trinajstić information content (AvgIpc) is 2.17. The fourth-order valence-electron chi connectivity index (χ4n) is 1.64. The van der Waals surface area contributed by atoms with Gasteiger partial charge in [0.25, 0.3) is 0 Å². The highest BCUT2D eigenvalue weighted by molar-refractivity contribution is 5.30. The first-order chi connectivity index (χ1) is 5.90. The molecule has 0 N–H and O–H groups in total. The van der Waals surface area contributed by atoms with Gasteiger partial charge in [0.05, 0.1) is 0 Å². The van der Waals surface area contributed by atoms with Crippen LogP contribution in [-0.2, 0) is 12.8 Å². The van der Waals surface area contributed by atoms with Crippen molar-refractivity contribution in [3.8, 4) is 6.07 Å². The minimum Gasteiger partial charge on any atom is -0.242 e. The van der Waals surface area contributed by atoms with E-state index < -0.39 is 0 Å². The maximum atomic E-state index is 8.63. The van der Waals surface area contributed by atoms with E-state index in [0.717, 1.165) is 18.5 Å². The zero-order valence-corrected chi connectivity index (χ0v) is 6.88. The second-order valence-corrected chi connectivity index (χ2v) is 3.12. The molecule has 0 radical (unpaired) electrons. The van der Waals surface area contributed by atoms with Crippen LogP contribution in [0.1, 0.15) is 29.8 Å².